The summed E-state index contributed by atoms with van der Waals surface area (Å²) in [5.74, 6) is 0.977. The van der Waals surface area contributed by atoms with Gasteiger partial charge in [0, 0.05) is 43.3 Å². The minimum Gasteiger partial charge on any atom is -0.365 e. The first-order valence-electron chi connectivity index (χ1n) is 8.95. The molecule has 5 heteroatoms. The predicted octanol–water partition coefficient (Wildman–Crippen LogP) is 4.50. The molecule has 0 radical (unpaired) electrons. The fourth-order valence-electron chi connectivity index (χ4n) is 3.47. The summed E-state index contributed by atoms with van der Waals surface area (Å²) in [5, 5.41) is 4.80. The average molecular weight is 353 g/mol. The van der Waals surface area contributed by atoms with Crippen LogP contribution in [0.3, 0.4) is 0 Å². The summed E-state index contributed by atoms with van der Waals surface area (Å²) in [6.45, 7) is 0.732. The van der Waals surface area contributed by atoms with E-state index in [9.17, 15) is 0 Å². The van der Waals surface area contributed by atoms with E-state index >= 15 is 0 Å². The van der Waals surface area contributed by atoms with Crippen molar-refractivity contribution in [1.29, 1.82) is 0 Å². The fourth-order valence-corrected chi connectivity index (χ4v) is 3.47. The zero-order valence-electron chi connectivity index (χ0n) is 15.0. The second-order valence-electron chi connectivity index (χ2n) is 6.65. The van der Waals surface area contributed by atoms with Crippen molar-refractivity contribution >= 4 is 22.4 Å². The molecule has 132 valence electrons. The van der Waals surface area contributed by atoms with Crippen LogP contribution in [0.25, 0.3) is 27.8 Å². The van der Waals surface area contributed by atoms with Crippen LogP contribution in [0, 0.1) is 0 Å². The van der Waals surface area contributed by atoms with Gasteiger partial charge in [-0.1, -0.05) is 42.5 Å². The molecule has 1 N–H and O–H groups in total. The van der Waals surface area contributed by atoms with Crippen molar-refractivity contribution < 1.29 is 0 Å². The maximum absolute atomic E-state index is 4.84. The van der Waals surface area contributed by atoms with Gasteiger partial charge in [0.2, 0.25) is 0 Å². The molecule has 2 aromatic carbocycles. The number of rotatable bonds is 4. The van der Waals surface area contributed by atoms with Crippen molar-refractivity contribution in [1.82, 2.24) is 18.9 Å². The largest absolute Gasteiger partial charge is 0.365 e. The Hall–Kier alpha value is -3.60. The van der Waals surface area contributed by atoms with Crippen LogP contribution >= 0.6 is 0 Å². The molecule has 27 heavy (non-hydrogen) atoms. The number of hydrogen-bond donors (Lipinski definition) is 1. The molecule has 3 heterocycles. The highest BCUT2D eigenvalue weighted by atomic mass is 15.1. The molecule has 0 saturated heterocycles. The van der Waals surface area contributed by atoms with Crippen molar-refractivity contribution in [3.05, 3.63) is 84.9 Å². The van der Waals surface area contributed by atoms with Crippen LogP contribution in [0.15, 0.2) is 79.4 Å². The molecule has 5 aromatic rings. The summed E-state index contributed by atoms with van der Waals surface area (Å²) in [7, 11) is 2.06. The van der Waals surface area contributed by atoms with Gasteiger partial charge in [-0.05, 0) is 23.1 Å². The standard InChI is InChI=1S/C22H19N5/c1-26-11-9-17-7-8-18(13-19(17)26)21-22(24-14-16-5-3-2-4-6-16)27-12-10-23-15-20(27)25-21/h2-13,15,24H,14H2,1H3. The second-order valence-corrected chi connectivity index (χ2v) is 6.65. The van der Waals surface area contributed by atoms with E-state index in [0.717, 1.165) is 29.3 Å². The summed E-state index contributed by atoms with van der Waals surface area (Å²) in [6.07, 6.45) is 7.60. The summed E-state index contributed by atoms with van der Waals surface area (Å²) < 4.78 is 4.19. The maximum Gasteiger partial charge on any atom is 0.157 e. The smallest absolute Gasteiger partial charge is 0.157 e. The Labute approximate surface area is 156 Å². The average Bonchev–Trinajstić information content (AvgIpc) is 3.27. The van der Waals surface area contributed by atoms with Gasteiger partial charge in [-0.2, -0.15) is 0 Å². The van der Waals surface area contributed by atoms with Crippen LogP contribution in [0.1, 0.15) is 5.56 Å². The number of nitrogens with zero attached hydrogens (tertiary/aromatic N) is 4. The monoisotopic (exact) mass is 353 g/mol. The number of aryl methyl sites for hydroxylation is 1. The number of aromatic nitrogens is 4. The Bertz CT molecular complexity index is 1230. The van der Waals surface area contributed by atoms with Crippen molar-refractivity contribution in [2.24, 2.45) is 7.05 Å². The lowest BCUT2D eigenvalue weighted by Gasteiger charge is -2.09. The van der Waals surface area contributed by atoms with Gasteiger partial charge >= 0.3 is 0 Å². The van der Waals surface area contributed by atoms with Crippen LogP contribution in [-0.4, -0.2) is 18.9 Å². The minimum absolute atomic E-state index is 0.732. The van der Waals surface area contributed by atoms with Crippen LogP contribution in [0.2, 0.25) is 0 Å². The lowest BCUT2D eigenvalue weighted by atomic mass is 10.1. The third-order valence-corrected chi connectivity index (χ3v) is 4.89. The predicted molar refractivity (Wildman–Crippen MR) is 109 cm³/mol. The quantitative estimate of drug-likeness (QED) is 0.517. The van der Waals surface area contributed by atoms with Gasteiger partial charge in [0.15, 0.2) is 5.65 Å². The topological polar surface area (TPSA) is 47.2 Å². The Morgan fingerprint density at radius 1 is 1.00 bits per heavy atom. The number of benzene rings is 2. The number of imidazole rings is 1. The van der Waals surface area contributed by atoms with Gasteiger partial charge in [-0.25, -0.2) is 4.98 Å². The van der Waals surface area contributed by atoms with Gasteiger partial charge in [-0.15, -0.1) is 0 Å². The van der Waals surface area contributed by atoms with E-state index in [-0.39, 0.29) is 0 Å². The van der Waals surface area contributed by atoms with Gasteiger partial charge < -0.3 is 9.88 Å². The first kappa shape index (κ1) is 15.6. The minimum atomic E-state index is 0.732. The number of fused-ring (bicyclic) bond motifs is 2. The van der Waals surface area contributed by atoms with E-state index in [2.05, 4.69) is 81.0 Å². The Morgan fingerprint density at radius 2 is 1.89 bits per heavy atom. The van der Waals surface area contributed by atoms with E-state index in [0.29, 0.717) is 0 Å². The third-order valence-electron chi connectivity index (χ3n) is 4.89. The lowest BCUT2D eigenvalue weighted by Crippen LogP contribution is -2.03. The van der Waals surface area contributed by atoms with Gasteiger partial charge in [0.25, 0.3) is 0 Å². The molecule has 0 aliphatic carbocycles. The summed E-state index contributed by atoms with van der Waals surface area (Å²) >= 11 is 0. The molecule has 0 unspecified atom stereocenters. The zero-order chi connectivity index (χ0) is 18.2. The molecule has 0 aliphatic rings. The molecule has 0 saturated carbocycles. The van der Waals surface area contributed by atoms with Crippen LogP contribution in [-0.2, 0) is 13.6 Å². The van der Waals surface area contributed by atoms with Crippen LogP contribution in [0.5, 0.6) is 0 Å². The number of anilines is 1. The first-order chi connectivity index (χ1) is 13.3. The Morgan fingerprint density at radius 3 is 2.78 bits per heavy atom. The molecule has 0 aliphatic heterocycles. The fraction of sp³-hybridized carbons (Fsp3) is 0.0909. The normalized spacial score (nSPS) is 11.3. The maximum atomic E-state index is 4.84. The second kappa shape index (κ2) is 6.29. The van der Waals surface area contributed by atoms with Crippen LogP contribution in [0.4, 0.5) is 5.82 Å². The Balaban J connectivity index is 1.63. The molecule has 3 aromatic heterocycles. The van der Waals surface area contributed by atoms with E-state index < -0.39 is 0 Å². The van der Waals surface area contributed by atoms with E-state index in [1.807, 2.05) is 12.3 Å². The molecule has 0 atom stereocenters. The molecule has 0 bridgehead atoms. The van der Waals surface area contributed by atoms with E-state index in [1.54, 1.807) is 12.4 Å². The van der Waals surface area contributed by atoms with E-state index in [4.69, 9.17) is 4.98 Å². The van der Waals surface area contributed by atoms with Gasteiger partial charge in [0.05, 0.1) is 6.20 Å². The molecule has 0 spiro atoms. The molecule has 5 rings (SSSR count). The number of hydrogen-bond acceptors (Lipinski definition) is 3. The first-order valence-corrected chi connectivity index (χ1v) is 8.95. The van der Waals surface area contributed by atoms with Crippen molar-refractivity contribution in [3.8, 4) is 11.3 Å². The number of nitrogens with one attached hydrogen (secondary N) is 1. The Kier molecular flexibility index (Phi) is 3.64. The third kappa shape index (κ3) is 2.73. The highest BCUT2D eigenvalue weighted by molar-refractivity contribution is 5.87. The van der Waals surface area contributed by atoms with Crippen molar-refractivity contribution in [2.75, 3.05) is 5.32 Å². The lowest BCUT2D eigenvalue weighted by molar-refractivity contribution is 0.969. The summed E-state index contributed by atoms with van der Waals surface area (Å²) in [6, 6.07) is 19.0. The van der Waals surface area contributed by atoms with Gasteiger partial charge in [-0.3, -0.25) is 9.38 Å². The highest BCUT2D eigenvalue weighted by Crippen LogP contribution is 2.31. The van der Waals surface area contributed by atoms with Crippen molar-refractivity contribution in [2.45, 2.75) is 6.54 Å². The van der Waals surface area contributed by atoms with Crippen molar-refractivity contribution in [3.63, 3.8) is 0 Å². The molecule has 0 fully saturated rings. The molecular weight excluding hydrogens is 334 g/mol. The highest BCUT2D eigenvalue weighted by Gasteiger charge is 2.15. The summed E-state index contributed by atoms with van der Waals surface area (Å²) in [5.41, 5.74) is 5.27. The summed E-state index contributed by atoms with van der Waals surface area (Å²) in [4.78, 5) is 9.06. The molecular formula is C22H19N5. The SMILES string of the molecule is Cn1ccc2ccc(-c3nc4cnccn4c3NCc3ccccc3)cc21. The van der Waals surface area contributed by atoms with Gasteiger partial charge in [0.1, 0.15) is 11.5 Å². The van der Waals surface area contributed by atoms with E-state index in [1.165, 1.54) is 16.5 Å². The van der Waals surface area contributed by atoms with Crippen LogP contribution < -0.4 is 5.32 Å². The molecule has 0 amide bonds. The zero-order valence-corrected chi connectivity index (χ0v) is 15.0. The molecule has 5 nitrogen and oxygen atoms in total.